The van der Waals surface area contributed by atoms with Crippen molar-refractivity contribution in [2.45, 2.75) is 31.6 Å². The van der Waals surface area contributed by atoms with Crippen LogP contribution in [0.2, 0.25) is 5.02 Å². The third-order valence-corrected chi connectivity index (χ3v) is 5.68. The van der Waals surface area contributed by atoms with E-state index in [-0.39, 0.29) is 5.41 Å². The quantitative estimate of drug-likeness (QED) is 0.583. The van der Waals surface area contributed by atoms with E-state index in [9.17, 15) is 4.79 Å². The van der Waals surface area contributed by atoms with Gasteiger partial charge in [0.25, 0.3) is 5.19 Å². The van der Waals surface area contributed by atoms with Crippen LogP contribution in [-0.4, -0.2) is 10.8 Å². The Morgan fingerprint density at radius 3 is 2.67 bits per heavy atom. The van der Waals surface area contributed by atoms with Crippen molar-refractivity contribution in [1.29, 1.82) is 0 Å². The van der Waals surface area contributed by atoms with Crippen LogP contribution in [0.25, 0.3) is 10.2 Å². The number of carbonyl (C=O) groups is 1. The van der Waals surface area contributed by atoms with Crippen LogP contribution in [-0.2, 0) is 10.2 Å². The molecule has 0 spiro atoms. The fourth-order valence-electron chi connectivity index (χ4n) is 3.06. The molecule has 3 aromatic rings. The van der Waals surface area contributed by atoms with Crippen LogP contribution in [0.4, 0.5) is 0 Å². The van der Waals surface area contributed by atoms with Crippen LogP contribution in [0, 0.1) is 0 Å². The molecular weight excluding hydrogens is 342 g/mol. The van der Waals surface area contributed by atoms with Gasteiger partial charge in [0.2, 0.25) is 0 Å². The zero-order chi connectivity index (χ0) is 16.7. The Bertz CT molecular complexity index is 913. The molecule has 5 heteroatoms. The summed E-state index contributed by atoms with van der Waals surface area (Å²) in [5, 5.41) is 1.28. The standard InChI is InChI=1S/C19H16ClNO2S/c1-2-17(22)19(9-10-19)12-3-6-14(7-4-12)23-18-21-15-8-5-13(20)11-16(15)24-18/h3-8,11H,2,9-10H2,1H3. The molecule has 1 aliphatic carbocycles. The second-order valence-corrected chi connectivity index (χ2v) is 7.51. The van der Waals surface area contributed by atoms with Gasteiger partial charge in [-0.15, -0.1) is 0 Å². The Balaban J connectivity index is 1.55. The summed E-state index contributed by atoms with van der Waals surface area (Å²) >= 11 is 7.47. The van der Waals surface area contributed by atoms with Gasteiger partial charge in [-0.25, -0.2) is 4.98 Å². The molecule has 1 aromatic heterocycles. The first kappa shape index (κ1) is 15.6. The molecule has 3 nitrogen and oxygen atoms in total. The van der Waals surface area contributed by atoms with Gasteiger partial charge < -0.3 is 4.74 Å². The number of halogens is 1. The molecule has 2 aromatic carbocycles. The molecule has 0 bridgehead atoms. The van der Waals surface area contributed by atoms with Crippen molar-refractivity contribution in [3.8, 4) is 10.9 Å². The summed E-state index contributed by atoms with van der Waals surface area (Å²) in [6.07, 6.45) is 2.50. The van der Waals surface area contributed by atoms with Crippen molar-refractivity contribution in [1.82, 2.24) is 4.98 Å². The van der Waals surface area contributed by atoms with Crippen LogP contribution in [0.15, 0.2) is 42.5 Å². The van der Waals surface area contributed by atoms with E-state index in [0.29, 0.717) is 22.4 Å². The fourth-order valence-corrected chi connectivity index (χ4v) is 4.17. The van der Waals surface area contributed by atoms with Crippen LogP contribution in [0.5, 0.6) is 10.9 Å². The lowest BCUT2D eigenvalue weighted by molar-refractivity contribution is -0.121. The highest BCUT2D eigenvalue weighted by molar-refractivity contribution is 7.20. The second-order valence-electron chi connectivity index (χ2n) is 6.08. The lowest BCUT2D eigenvalue weighted by Gasteiger charge is -2.13. The number of fused-ring (bicyclic) bond motifs is 1. The molecule has 4 rings (SSSR count). The number of benzene rings is 2. The molecule has 0 aliphatic heterocycles. The van der Waals surface area contributed by atoms with Gasteiger partial charge in [-0.05, 0) is 48.7 Å². The maximum absolute atomic E-state index is 12.1. The van der Waals surface area contributed by atoms with Gasteiger partial charge >= 0.3 is 0 Å². The lowest BCUT2D eigenvalue weighted by Crippen LogP contribution is -2.19. The number of ether oxygens (including phenoxy) is 1. The van der Waals surface area contributed by atoms with Crippen LogP contribution in [0.1, 0.15) is 31.7 Å². The number of hydrogen-bond acceptors (Lipinski definition) is 4. The second kappa shape index (κ2) is 5.87. The number of nitrogens with zero attached hydrogens (tertiary/aromatic N) is 1. The van der Waals surface area contributed by atoms with Crippen molar-refractivity contribution < 1.29 is 9.53 Å². The minimum atomic E-state index is -0.236. The van der Waals surface area contributed by atoms with E-state index in [1.54, 1.807) is 0 Å². The van der Waals surface area contributed by atoms with Crippen LogP contribution >= 0.6 is 22.9 Å². The summed E-state index contributed by atoms with van der Waals surface area (Å²) in [5.41, 5.74) is 1.74. The summed E-state index contributed by atoms with van der Waals surface area (Å²) in [7, 11) is 0. The highest BCUT2D eigenvalue weighted by atomic mass is 35.5. The van der Waals surface area contributed by atoms with Gasteiger partial charge in [-0.1, -0.05) is 42.0 Å². The Hall–Kier alpha value is -1.91. The first-order valence-corrected chi connectivity index (χ1v) is 9.18. The third-order valence-electron chi connectivity index (χ3n) is 4.55. The van der Waals surface area contributed by atoms with Crippen molar-refractivity contribution in [2.24, 2.45) is 0 Å². The Morgan fingerprint density at radius 1 is 1.25 bits per heavy atom. The lowest BCUT2D eigenvalue weighted by atomic mass is 9.90. The maximum atomic E-state index is 12.1. The Kier molecular flexibility index (Phi) is 3.82. The van der Waals surface area contributed by atoms with Gasteiger partial charge in [0.15, 0.2) is 0 Å². The highest BCUT2D eigenvalue weighted by Crippen LogP contribution is 2.50. The minimum absolute atomic E-state index is 0.236. The summed E-state index contributed by atoms with van der Waals surface area (Å²) in [6, 6.07) is 13.4. The highest BCUT2D eigenvalue weighted by Gasteiger charge is 2.49. The topological polar surface area (TPSA) is 39.2 Å². The van der Waals surface area contributed by atoms with E-state index in [1.807, 2.05) is 49.4 Å². The zero-order valence-corrected chi connectivity index (χ0v) is 14.8. The number of ketones is 1. The van der Waals surface area contributed by atoms with Crippen molar-refractivity contribution in [3.05, 3.63) is 53.1 Å². The minimum Gasteiger partial charge on any atom is -0.431 e. The average Bonchev–Trinajstić information content (AvgIpc) is 3.30. The normalized spacial score (nSPS) is 15.4. The van der Waals surface area contributed by atoms with E-state index in [1.165, 1.54) is 11.3 Å². The first-order valence-electron chi connectivity index (χ1n) is 7.98. The molecule has 24 heavy (non-hydrogen) atoms. The number of carbonyl (C=O) groups excluding carboxylic acids is 1. The monoisotopic (exact) mass is 357 g/mol. The fraction of sp³-hybridized carbons (Fsp3) is 0.263. The third kappa shape index (κ3) is 2.70. The molecule has 122 valence electrons. The molecule has 0 amide bonds. The summed E-state index contributed by atoms with van der Waals surface area (Å²) in [4.78, 5) is 16.6. The molecular formula is C19H16ClNO2S. The van der Waals surface area contributed by atoms with Crippen LogP contribution < -0.4 is 4.74 Å². The van der Waals surface area contributed by atoms with E-state index in [0.717, 1.165) is 34.4 Å². The van der Waals surface area contributed by atoms with E-state index < -0.39 is 0 Å². The number of aromatic nitrogens is 1. The smallest absolute Gasteiger partial charge is 0.279 e. The van der Waals surface area contributed by atoms with Gasteiger partial charge in [0, 0.05) is 11.4 Å². The van der Waals surface area contributed by atoms with E-state index in [4.69, 9.17) is 16.3 Å². The Morgan fingerprint density at radius 2 is 2.00 bits per heavy atom. The van der Waals surface area contributed by atoms with Gasteiger partial charge in [-0.3, -0.25) is 4.79 Å². The van der Waals surface area contributed by atoms with Crippen molar-refractivity contribution in [2.75, 3.05) is 0 Å². The molecule has 0 radical (unpaired) electrons. The average molecular weight is 358 g/mol. The maximum Gasteiger partial charge on any atom is 0.279 e. The molecule has 1 aliphatic rings. The number of rotatable bonds is 5. The molecule has 0 unspecified atom stereocenters. The summed E-state index contributed by atoms with van der Waals surface area (Å²) in [6.45, 7) is 1.93. The van der Waals surface area contributed by atoms with E-state index >= 15 is 0 Å². The SMILES string of the molecule is CCC(=O)C1(c2ccc(Oc3nc4ccc(Cl)cc4s3)cc2)CC1. The Labute approximate surface area is 149 Å². The van der Waals surface area contributed by atoms with Gasteiger partial charge in [-0.2, -0.15) is 0 Å². The van der Waals surface area contributed by atoms with E-state index in [2.05, 4.69) is 4.98 Å². The van der Waals surface area contributed by atoms with Crippen molar-refractivity contribution >= 4 is 38.9 Å². The number of Topliss-reactive ketones (excluding diaryl/α,β-unsaturated/α-hetero) is 1. The summed E-state index contributed by atoms with van der Waals surface area (Å²) in [5.74, 6) is 1.06. The molecule has 1 saturated carbocycles. The number of thiazole rings is 1. The predicted molar refractivity (Wildman–Crippen MR) is 97.4 cm³/mol. The zero-order valence-electron chi connectivity index (χ0n) is 13.2. The first-order chi connectivity index (χ1) is 11.6. The number of hydrogen-bond donors (Lipinski definition) is 0. The van der Waals surface area contributed by atoms with Crippen molar-refractivity contribution in [3.63, 3.8) is 0 Å². The largest absolute Gasteiger partial charge is 0.431 e. The molecule has 1 fully saturated rings. The summed E-state index contributed by atoms with van der Waals surface area (Å²) < 4.78 is 6.86. The molecule has 0 saturated heterocycles. The molecule has 0 N–H and O–H groups in total. The molecule has 0 atom stereocenters. The van der Waals surface area contributed by atoms with Crippen LogP contribution in [0.3, 0.4) is 0 Å². The molecule has 1 heterocycles. The predicted octanol–water partition coefficient (Wildman–Crippen LogP) is 5.75. The van der Waals surface area contributed by atoms with Gasteiger partial charge in [0.1, 0.15) is 11.5 Å². The van der Waals surface area contributed by atoms with Gasteiger partial charge in [0.05, 0.1) is 15.6 Å².